The molecular weight excluding hydrogens is 231 g/mol. The second-order valence-electron chi connectivity index (χ2n) is 4.93. The highest BCUT2D eigenvalue weighted by molar-refractivity contribution is 5.94. The van der Waals surface area contributed by atoms with Gasteiger partial charge in [-0.2, -0.15) is 0 Å². The first kappa shape index (κ1) is 13.0. The summed E-state index contributed by atoms with van der Waals surface area (Å²) in [5.74, 6) is -0.459. The molecule has 0 bridgehead atoms. The van der Waals surface area contributed by atoms with Crippen LogP contribution in [0.25, 0.3) is 0 Å². The van der Waals surface area contributed by atoms with Crippen molar-refractivity contribution < 1.29 is 9.18 Å². The minimum atomic E-state index is -0.353. The molecule has 1 heterocycles. The first-order valence-electron chi connectivity index (χ1n) is 6.33. The van der Waals surface area contributed by atoms with Gasteiger partial charge >= 0.3 is 0 Å². The maximum atomic E-state index is 13.3. The molecule has 0 aliphatic carbocycles. The Balaban J connectivity index is 2.14. The standard InChI is InChI=1S/C14H19FN2O/c1-10-6-11(8-12(15)7-10)14(18)17(2)13-4-3-5-16-9-13/h6-8,13,16H,3-5,9H2,1-2H3. The number of amides is 1. The average Bonchev–Trinajstić information content (AvgIpc) is 2.37. The van der Waals surface area contributed by atoms with Crippen molar-refractivity contribution in [1.82, 2.24) is 10.2 Å². The third-order valence-electron chi connectivity index (χ3n) is 3.43. The van der Waals surface area contributed by atoms with Crippen molar-refractivity contribution in [2.24, 2.45) is 0 Å². The van der Waals surface area contributed by atoms with Crippen molar-refractivity contribution in [3.05, 3.63) is 35.1 Å². The van der Waals surface area contributed by atoms with E-state index in [0.29, 0.717) is 5.56 Å². The van der Waals surface area contributed by atoms with Crippen LogP contribution in [0.3, 0.4) is 0 Å². The quantitative estimate of drug-likeness (QED) is 0.870. The summed E-state index contributed by atoms with van der Waals surface area (Å²) in [6.07, 6.45) is 2.08. The molecule has 1 aliphatic rings. The Morgan fingerprint density at radius 3 is 2.83 bits per heavy atom. The highest BCUT2D eigenvalue weighted by atomic mass is 19.1. The largest absolute Gasteiger partial charge is 0.337 e. The number of halogens is 1. The number of rotatable bonds is 2. The highest BCUT2D eigenvalue weighted by Gasteiger charge is 2.23. The summed E-state index contributed by atoms with van der Waals surface area (Å²) in [6, 6.07) is 4.67. The van der Waals surface area contributed by atoms with E-state index in [9.17, 15) is 9.18 Å². The van der Waals surface area contributed by atoms with Crippen molar-refractivity contribution in [3.63, 3.8) is 0 Å². The van der Waals surface area contributed by atoms with Crippen molar-refractivity contribution >= 4 is 5.91 Å². The number of hydrogen-bond donors (Lipinski definition) is 1. The van der Waals surface area contributed by atoms with Gasteiger partial charge in [0.2, 0.25) is 0 Å². The smallest absolute Gasteiger partial charge is 0.254 e. The molecule has 0 spiro atoms. The molecule has 0 radical (unpaired) electrons. The van der Waals surface area contributed by atoms with E-state index >= 15 is 0 Å². The van der Waals surface area contributed by atoms with Gasteiger partial charge in [-0.3, -0.25) is 4.79 Å². The predicted octanol–water partition coefficient (Wildman–Crippen LogP) is 1.96. The van der Waals surface area contributed by atoms with Gasteiger partial charge in [0, 0.05) is 25.2 Å². The monoisotopic (exact) mass is 250 g/mol. The Labute approximate surface area is 107 Å². The van der Waals surface area contributed by atoms with Crippen molar-refractivity contribution in [1.29, 1.82) is 0 Å². The maximum absolute atomic E-state index is 13.3. The SMILES string of the molecule is Cc1cc(F)cc(C(=O)N(C)C2CCCNC2)c1. The molecule has 1 unspecified atom stereocenters. The number of nitrogens with one attached hydrogen (secondary N) is 1. The van der Waals surface area contributed by atoms with Gasteiger partial charge in [-0.1, -0.05) is 0 Å². The van der Waals surface area contributed by atoms with Crippen LogP contribution in [-0.4, -0.2) is 37.0 Å². The lowest BCUT2D eigenvalue weighted by molar-refractivity contribution is 0.0707. The van der Waals surface area contributed by atoms with Crippen LogP contribution < -0.4 is 5.32 Å². The molecule has 1 saturated heterocycles. The molecule has 98 valence electrons. The summed E-state index contributed by atoms with van der Waals surface area (Å²) in [6.45, 7) is 3.62. The van der Waals surface area contributed by atoms with Crippen molar-refractivity contribution in [2.75, 3.05) is 20.1 Å². The van der Waals surface area contributed by atoms with Gasteiger partial charge in [0.25, 0.3) is 5.91 Å². The lowest BCUT2D eigenvalue weighted by Crippen LogP contribution is -2.46. The van der Waals surface area contributed by atoms with Gasteiger partial charge in [-0.05, 0) is 50.1 Å². The Kier molecular flexibility index (Phi) is 3.97. The average molecular weight is 250 g/mol. The van der Waals surface area contributed by atoms with Crippen LogP contribution in [0.1, 0.15) is 28.8 Å². The normalized spacial score (nSPS) is 19.6. The highest BCUT2D eigenvalue weighted by Crippen LogP contribution is 2.15. The Morgan fingerprint density at radius 2 is 2.22 bits per heavy atom. The lowest BCUT2D eigenvalue weighted by Gasteiger charge is -2.31. The number of nitrogens with zero attached hydrogens (tertiary/aromatic N) is 1. The van der Waals surface area contributed by atoms with Gasteiger partial charge in [0.05, 0.1) is 0 Å². The topological polar surface area (TPSA) is 32.3 Å². The molecular formula is C14H19FN2O. The number of hydrogen-bond acceptors (Lipinski definition) is 2. The van der Waals surface area contributed by atoms with E-state index in [4.69, 9.17) is 0 Å². The van der Waals surface area contributed by atoms with Gasteiger partial charge in [-0.15, -0.1) is 0 Å². The molecule has 1 fully saturated rings. The molecule has 1 aliphatic heterocycles. The van der Waals surface area contributed by atoms with Crippen LogP contribution in [-0.2, 0) is 0 Å². The zero-order chi connectivity index (χ0) is 13.1. The van der Waals surface area contributed by atoms with Gasteiger partial charge in [-0.25, -0.2) is 4.39 Å². The molecule has 1 atom stereocenters. The summed E-state index contributed by atoms with van der Waals surface area (Å²) >= 11 is 0. The second kappa shape index (κ2) is 5.48. The summed E-state index contributed by atoms with van der Waals surface area (Å²) in [4.78, 5) is 14.0. The van der Waals surface area contributed by atoms with Crippen molar-refractivity contribution in [3.8, 4) is 0 Å². The molecule has 0 aromatic heterocycles. The molecule has 1 aromatic carbocycles. The molecule has 18 heavy (non-hydrogen) atoms. The van der Waals surface area contributed by atoms with E-state index < -0.39 is 0 Å². The minimum absolute atomic E-state index is 0.105. The molecule has 0 saturated carbocycles. The van der Waals surface area contributed by atoms with Gasteiger partial charge in [0.1, 0.15) is 5.82 Å². The van der Waals surface area contributed by atoms with Crippen LogP contribution in [0.2, 0.25) is 0 Å². The number of benzene rings is 1. The van der Waals surface area contributed by atoms with Crippen molar-refractivity contribution in [2.45, 2.75) is 25.8 Å². The summed E-state index contributed by atoms with van der Waals surface area (Å²) < 4.78 is 13.3. The maximum Gasteiger partial charge on any atom is 0.254 e. The van der Waals surface area contributed by atoms with E-state index in [1.54, 1.807) is 24.9 Å². The molecule has 3 nitrogen and oxygen atoms in total. The number of piperidine rings is 1. The van der Waals surface area contributed by atoms with E-state index in [1.165, 1.54) is 12.1 Å². The van der Waals surface area contributed by atoms with Crippen LogP contribution in [0.5, 0.6) is 0 Å². The Hall–Kier alpha value is -1.42. The van der Waals surface area contributed by atoms with E-state index in [0.717, 1.165) is 31.5 Å². The van der Waals surface area contributed by atoms with E-state index in [-0.39, 0.29) is 17.8 Å². The first-order valence-corrected chi connectivity index (χ1v) is 6.33. The zero-order valence-electron chi connectivity index (χ0n) is 10.9. The fraction of sp³-hybridized carbons (Fsp3) is 0.500. The number of carbonyl (C=O) groups is 1. The number of aryl methyl sites for hydroxylation is 1. The summed E-state index contributed by atoms with van der Waals surface area (Å²) in [7, 11) is 1.79. The van der Waals surface area contributed by atoms with Gasteiger partial charge in [0.15, 0.2) is 0 Å². The fourth-order valence-corrected chi connectivity index (χ4v) is 2.39. The van der Waals surface area contributed by atoms with E-state index in [1.807, 2.05) is 0 Å². The second-order valence-corrected chi connectivity index (χ2v) is 4.93. The molecule has 4 heteroatoms. The third kappa shape index (κ3) is 2.88. The molecule has 2 rings (SSSR count). The number of carbonyl (C=O) groups excluding carboxylic acids is 1. The fourth-order valence-electron chi connectivity index (χ4n) is 2.39. The Bertz CT molecular complexity index is 421. The number of likely N-dealkylation sites (N-methyl/N-ethyl adjacent to an activating group) is 1. The summed E-state index contributed by atoms with van der Waals surface area (Å²) in [5, 5.41) is 3.28. The van der Waals surface area contributed by atoms with E-state index in [2.05, 4.69) is 5.32 Å². The zero-order valence-corrected chi connectivity index (χ0v) is 10.9. The van der Waals surface area contributed by atoms with Crippen LogP contribution in [0.15, 0.2) is 18.2 Å². The van der Waals surface area contributed by atoms with Crippen LogP contribution in [0, 0.1) is 12.7 Å². The minimum Gasteiger partial charge on any atom is -0.337 e. The van der Waals surface area contributed by atoms with Crippen LogP contribution in [0.4, 0.5) is 4.39 Å². The lowest BCUT2D eigenvalue weighted by atomic mass is 10.0. The Morgan fingerprint density at radius 1 is 1.44 bits per heavy atom. The first-order chi connectivity index (χ1) is 8.58. The molecule has 1 N–H and O–H groups in total. The molecule has 1 amide bonds. The summed E-state index contributed by atoms with van der Waals surface area (Å²) in [5.41, 5.74) is 1.20. The van der Waals surface area contributed by atoms with Gasteiger partial charge < -0.3 is 10.2 Å². The third-order valence-corrected chi connectivity index (χ3v) is 3.43. The predicted molar refractivity (Wildman–Crippen MR) is 69.1 cm³/mol. The molecule has 1 aromatic rings. The van der Waals surface area contributed by atoms with Crippen LogP contribution >= 0.6 is 0 Å².